The van der Waals surface area contributed by atoms with Crippen molar-refractivity contribution in [3.8, 4) is 11.5 Å². The van der Waals surface area contributed by atoms with Crippen LogP contribution in [0, 0.1) is 6.92 Å². The third-order valence-electron chi connectivity index (χ3n) is 4.26. The van der Waals surface area contributed by atoms with Crippen LogP contribution in [0.25, 0.3) is 0 Å². The van der Waals surface area contributed by atoms with E-state index in [-0.39, 0.29) is 18.6 Å². The number of aromatic nitrogens is 2. The summed E-state index contributed by atoms with van der Waals surface area (Å²) in [6.45, 7) is 1.93. The number of imidazole rings is 1. The molecule has 0 radical (unpaired) electrons. The minimum absolute atomic E-state index is 0.0693. The second-order valence-corrected chi connectivity index (χ2v) is 6.27. The summed E-state index contributed by atoms with van der Waals surface area (Å²) >= 11 is 0. The zero-order valence-corrected chi connectivity index (χ0v) is 15.7. The predicted octanol–water partition coefficient (Wildman–Crippen LogP) is 3.02. The van der Waals surface area contributed by atoms with Gasteiger partial charge in [-0.1, -0.05) is 29.8 Å². The number of aryl methyl sites for hydroxylation is 2. The fourth-order valence-corrected chi connectivity index (χ4v) is 2.73. The van der Waals surface area contributed by atoms with E-state index in [0.717, 1.165) is 22.7 Å². The molecule has 0 fully saturated rings. The van der Waals surface area contributed by atoms with Gasteiger partial charge in [0.15, 0.2) is 6.61 Å². The van der Waals surface area contributed by atoms with E-state index in [4.69, 9.17) is 9.47 Å². The Morgan fingerprint density at radius 2 is 1.78 bits per heavy atom. The average molecular weight is 365 g/mol. The molecule has 0 bridgehead atoms. The van der Waals surface area contributed by atoms with Gasteiger partial charge >= 0.3 is 0 Å². The lowest BCUT2D eigenvalue weighted by Gasteiger charge is -2.19. The van der Waals surface area contributed by atoms with Gasteiger partial charge in [-0.05, 0) is 36.8 Å². The Labute approximate surface area is 158 Å². The van der Waals surface area contributed by atoms with Gasteiger partial charge in [-0.25, -0.2) is 4.98 Å². The predicted molar refractivity (Wildman–Crippen MR) is 103 cm³/mol. The van der Waals surface area contributed by atoms with Crippen LogP contribution < -0.4 is 14.8 Å². The summed E-state index contributed by atoms with van der Waals surface area (Å²) in [5, 5.41) is 3.01. The molecule has 6 heteroatoms. The van der Waals surface area contributed by atoms with Crippen molar-refractivity contribution in [2.24, 2.45) is 7.05 Å². The molecule has 0 spiro atoms. The summed E-state index contributed by atoms with van der Waals surface area (Å²) in [5.41, 5.74) is 2.05. The zero-order chi connectivity index (χ0) is 19.2. The first-order valence-corrected chi connectivity index (χ1v) is 8.67. The molecule has 3 aromatic rings. The van der Waals surface area contributed by atoms with E-state index in [1.165, 1.54) is 0 Å². The van der Waals surface area contributed by atoms with E-state index in [0.29, 0.717) is 5.75 Å². The first-order chi connectivity index (χ1) is 13.1. The number of nitrogens with zero attached hydrogens (tertiary/aromatic N) is 2. The van der Waals surface area contributed by atoms with Gasteiger partial charge in [0, 0.05) is 19.4 Å². The van der Waals surface area contributed by atoms with Crippen molar-refractivity contribution >= 4 is 5.91 Å². The lowest BCUT2D eigenvalue weighted by molar-refractivity contribution is -0.123. The molecule has 1 unspecified atom stereocenters. The van der Waals surface area contributed by atoms with Crippen molar-refractivity contribution in [2.75, 3.05) is 13.7 Å². The molecule has 1 amide bonds. The molecule has 0 saturated carbocycles. The average Bonchev–Trinajstić information content (AvgIpc) is 3.11. The van der Waals surface area contributed by atoms with Crippen molar-refractivity contribution in [1.29, 1.82) is 0 Å². The van der Waals surface area contributed by atoms with E-state index >= 15 is 0 Å². The van der Waals surface area contributed by atoms with Crippen LogP contribution in [0.5, 0.6) is 11.5 Å². The van der Waals surface area contributed by atoms with Crippen molar-refractivity contribution in [3.05, 3.63) is 77.9 Å². The largest absolute Gasteiger partial charge is 0.497 e. The fraction of sp³-hybridized carbons (Fsp3) is 0.238. The van der Waals surface area contributed by atoms with Gasteiger partial charge in [-0.3, -0.25) is 4.79 Å². The Balaban J connectivity index is 1.73. The van der Waals surface area contributed by atoms with Crippen LogP contribution in [0.2, 0.25) is 0 Å². The molecule has 6 nitrogen and oxygen atoms in total. The normalized spacial score (nSPS) is 11.7. The quantitative estimate of drug-likeness (QED) is 0.699. The summed E-state index contributed by atoms with van der Waals surface area (Å²) in [7, 11) is 3.52. The molecule has 0 aliphatic rings. The van der Waals surface area contributed by atoms with Crippen molar-refractivity contribution < 1.29 is 14.3 Å². The molecule has 0 aliphatic heterocycles. The van der Waals surface area contributed by atoms with Gasteiger partial charge in [-0.15, -0.1) is 0 Å². The third kappa shape index (κ3) is 4.67. The van der Waals surface area contributed by atoms with Crippen LogP contribution >= 0.6 is 0 Å². The topological polar surface area (TPSA) is 65.4 Å². The standard InChI is InChI=1S/C21H23N3O3/c1-15-4-8-18(9-5-15)27-14-19(25)23-20(21-22-12-13-24(21)2)16-6-10-17(26-3)11-7-16/h4-13,20H,14H2,1-3H3,(H,23,25). The van der Waals surface area contributed by atoms with E-state index in [9.17, 15) is 4.79 Å². The molecule has 140 valence electrons. The summed E-state index contributed by atoms with van der Waals surface area (Å²) < 4.78 is 12.7. The number of methoxy groups -OCH3 is 1. The zero-order valence-electron chi connectivity index (χ0n) is 15.7. The lowest BCUT2D eigenvalue weighted by atomic mass is 10.1. The van der Waals surface area contributed by atoms with Crippen LogP contribution in [-0.2, 0) is 11.8 Å². The molecule has 0 aliphatic carbocycles. The van der Waals surface area contributed by atoms with Crippen molar-refractivity contribution in [1.82, 2.24) is 14.9 Å². The molecule has 0 saturated heterocycles. The highest BCUT2D eigenvalue weighted by atomic mass is 16.5. The van der Waals surface area contributed by atoms with Crippen LogP contribution in [0.3, 0.4) is 0 Å². The van der Waals surface area contributed by atoms with Crippen LogP contribution in [-0.4, -0.2) is 29.2 Å². The van der Waals surface area contributed by atoms with Gasteiger partial charge in [0.05, 0.1) is 7.11 Å². The molecular weight excluding hydrogens is 342 g/mol. The number of hydrogen-bond donors (Lipinski definition) is 1. The first kappa shape index (κ1) is 18.5. The van der Waals surface area contributed by atoms with Gasteiger partial charge in [0.2, 0.25) is 0 Å². The fourth-order valence-electron chi connectivity index (χ4n) is 2.73. The second kappa shape index (κ2) is 8.40. The van der Waals surface area contributed by atoms with Gasteiger partial charge in [0.1, 0.15) is 23.4 Å². The minimum atomic E-state index is -0.384. The van der Waals surface area contributed by atoms with Gasteiger partial charge in [0.25, 0.3) is 5.91 Å². The first-order valence-electron chi connectivity index (χ1n) is 8.67. The Bertz CT molecular complexity index is 886. The Hall–Kier alpha value is -3.28. The number of nitrogens with one attached hydrogen (secondary N) is 1. The number of carbonyl (C=O) groups excluding carboxylic acids is 1. The molecule has 3 rings (SSSR count). The number of ether oxygens (including phenoxy) is 2. The summed E-state index contributed by atoms with van der Waals surface area (Å²) in [5.74, 6) is 1.93. The minimum Gasteiger partial charge on any atom is -0.497 e. The highest BCUT2D eigenvalue weighted by Gasteiger charge is 2.21. The highest BCUT2D eigenvalue weighted by molar-refractivity contribution is 5.78. The SMILES string of the molecule is COc1ccc(C(NC(=O)COc2ccc(C)cc2)c2nccn2C)cc1. The molecular formula is C21H23N3O3. The summed E-state index contributed by atoms with van der Waals surface area (Å²) in [6.07, 6.45) is 3.56. The maximum Gasteiger partial charge on any atom is 0.258 e. The van der Waals surface area contributed by atoms with Crippen molar-refractivity contribution in [3.63, 3.8) is 0 Å². The van der Waals surface area contributed by atoms with E-state index in [2.05, 4.69) is 10.3 Å². The van der Waals surface area contributed by atoms with E-state index in [1.807, 2.05) is 73.3 Å². The number of carbonyl (C=O) groups is 1. The van der Waals surface area contributed by atoms with Crippen LogP contribution in [0.1, 0.15) is 23.0 Å². The molecule has 1 aromatic heterocycles. The van der Waals surface area contributed by atoms with Crippen molar-refractivity contribution in [2.45, 2.75) is 13.0 Å². The molecule has 1 atom stereocenters. The van der Waals surface area contributed by atoms with Crippen LogP contribution in [0.15, 0.2) is 60.9 Å². The molecule has 2 aromatic carbocycles. The maximum absolute atomic E-state index is 12.5. The highest BCUT2D eigenvalue weighted by Crippen LogP contribution is 2.23. The number of rotatable bonds is 7. The third-order valence-corrected chi connectivity index (χ3v) is 4.26. The van der Waals surface area contributed by atoms with E-state index in [1.54, 1.807) is 13.3 Å². The number of amides is 1. The van der Waals surface area contributed by atoms with E-state index < -0.39 is 0 Å². The smallest absolute Gasteiger partial charge is 0.258 e. The van der Waals surface area contributed by atoms with Crippen LogP contribution in [0.4, 0.5) is 0 Å². The number of benzene rings is 2. The Kier molecular flexibility index (Phi) is 5.76. The second-order valence-electron chi connectivity index (χ2n) is 6.27. The summed E-state index contributed by atoms with van der Waals surface area (Å²) in [4.78, 5) is 16.9. The monoisotopic (exact) mass is 365 g/mol. The Morgan fingerprint density at radius 1 is 1.11 bits per heavy atom. The maximum atomic E-state index is 12.5. The Morgan fingerprint density at radius 3 is 2.37 bits per heavy atom. The van der Waals surface area contributed by atoms with Gasteiger partial charge < -0.3 is 19.4 Å². The molecule has 1 heterocycles. The molecule has 27 heavy (non-hydrogen) atoms. The summed E-state index contributed by atoms with van der Waals surface area (Å²) in [6, 6.07) is 14.8. The number of hydrogen-bond acceptors (Lipinski definition) is 4. The van der Waals surface area contributed by atoms with Gasteiger partial charge in [-0.2, -0.15) is 0 Å². The molecule has 1 N–H and O–H groups in total. The lowest BCUT2D eigenvalue weighted by Crippen LogP contribution is -2.34.